The van der Waals surface area contributed by atoms with Crippen molar-refractivity contribution in [3.63, 3.8) is 0 Å². The zero-order valence-electron chi connectivity index (χ0n) is 10.6. The first-order valence-electron chi connectivity index (χ1n) is 6.22. The van der Waals surface area contributed by atoms with Gasteiger partial charge in [0.2, 0.25) is 5.91 Å². The molecule has 2 fully saturated rings. The van der Waals surface area contributed by atoms with Gasteiger partial charge < -0.3 is 5.32 Å². The number of carbonyl (C=O) groups is 1. The minimum atomic E-state index is -0.418. The van der Waals surface area contributed by atoms with Crippen LogP contribution in [0, 0.1) is 5.41 Å². The van der Waals surface area contributed by atoms with E-state index in [4.69, 9.17) is 5.41 Å². The van der Waals surface area contributed by atoms with Gasteiger partial charge in [0.15, 0.2) is 5.96 Å². The number of amides is 1. The van der Waals surface area contributed by atoms with Gasteiger partial charge in [-0.05, 0) is 42.7 Å². The highest BCUT2D eigenvalue weighted by Crippen LogP contribution is 2.44. The van der Waals surface area contributed by atoms with Crippen molar-refractivity contribution in [3.8, 4) is 0 Å². The number of nitrogens with zero attached hydrogens (tertiary/aromatic N) is 1. The molecule has 1 aromatic rings. The Morgan fingerprint density at radius 1 is 1.56 bits per heavy atom. The lowest BCUT2D eigenvalue weighted by molar-refractivity contribution is -0.129. The molecule has 0 radical (unpaired) electrons. The summed E-state index contributed by atoms with van der Waals surface area (Å²) >= 11 is 1.70. The van der Waals surface area contributed by atoms with Crippen LogP contribution in [0.4, 0.5) is 0 Å². The van der Waals surface area contributed by atoms with E-state index in [1.54, 1.807) is 18.4 Å². The first-order chi connectivity index (χ1) is 8.49. The van der Waals surface area contributed by atoms with Crippen molar-refractivity contribution in [2.75, 3.05) is 7.05 Å². The lowest BCUT2D eigenvalue weighted by Gasteiger charge is -2.38. The number of hydrogen-bond donors (Lipinski definition) is 2. The summed E-state index contributed by atoms with van der Waals surface area (Å²) < 4.78 is 0. The Kier molecular flexibility index (Phi) is 2.48. The Hall–Kier alpha value is -1.36. The SMILES string of the molecule is CN1C(=N)N[C@](C)(c2cc(C3CC3)cs2)CC1=O. The van der Waals surface area contributed by atoms with E-state index >= 15 is 0 Å². The Labute approximate surface area is 111 Å². The Morgan fingerprint density at radius 3 is 2.89 bits per heavy atom. The standard InChI is InChI=1S/C13H17N3OS/c1-13(6-11(17)16(2)12(14)15-13)10-5-9(7-18-10)8-3-4-8/h5,7-8H,3-4,6H2,1-2H3,(H2,14,15)/t13-/m0/s1. The summed E-state index contributed by atoms with van der Waals surface area (Å²) in [6.07, 6.45) is 2.99. The van der Waals surface area contributed by atoms with Crippen molar-refractivity contribution in [1.82, 2.24) is 10.2 Å². The lowest BCUT2D eigenvalue weighted by Crippen LogP contribution is -2.57. The van der Waals surface area contributed by atoms with E-state index in [0.717, 1.165) is 10.8 Å². The number of guanidine groups is 1. The van der Waals surface area contributed by atoms with Crippen LogP contribution in [0.2, 0.25) is 0 Å². The normalized spacial score (nSPS) is 28.4. The smallest absolute Gasteiger partial charge is 0.231 e. The van der Waals surface area contributed by atoms with Crippen LogP contribution in [0.25, 0.3) is 0 Å². The van der Waals surface area contributed by atoms with Gasteiger partial charge in [-0.2, -0.15) is 0 Å². The minimum Gasteiger partial charge on any atom is -0.345 e. The zero-order chi connectivity index (χ0) is 12.9. The summed E-state index contributed by atoms with van der Waals surface area (Å²) in [5.41, 5.74) is 0.981. The van der Waals surface area contributed by atoms with Gasteiger partial charge in [-0.25, -0.2) is 0 Å². The van der Waals surface area contributed by atoms with E-state index < -0.39 is 5.54 Å². The van der Waals surface area contributed by atoms with Crippen molar-refractivity contribution in [2.45, 2.75) is 37.6 Å². The maximum absolute atomic E-state index is 11.9. The average molecular weight is 263 g/mol. The van der Waals surface area contributed by atoms with Gasteiger partial charge in [-0.1, -0.05) is 0 Å². The molecule has 1 aromatic heterocycles. The minimum absolute atomic E-state index is 0.00243. The molecule has 1 aliphatic carbocycles. The molecule has 3 rings (SSSR count). The number of thiophene rings is 1. The van der Waals surface area contributed by atoms with Crippen LogP contribution < -0.4 is 5.32 Å². The highest BCUT2D eigenvalue weighted by Gasteiger charge is 2.39. The summed E-state index contributed by atoms with van der Waals surface area (Å²) in [5, 5.41) is 13.2. The second-order valence-electron chi connectivity index (χ2n) is 5.45. The summed E-state index contributed by atoms with van der Waals surface area (Å²) in [7, 11) is 1.64. The molecule has 0 spiro atoms. The third-order valence-electron chi connectivity index (χ3n) is 3.82. The van der Waals surface area contributed by atoms with Crippen LogP contribution >= 0.6 is 11.3 Å². The summed E-state index contributed by atoms with van der Waals surface area (Å²) in [5.74, 6) is 0.928. The van der Waals surface area contributed by atoms with Crippen molar-refractivity contribution in [2.24, 2.45) is 0 Å². The van der Waals surface area contributed by atoms with Gasteiger partial charge in [-0.15, -0.1) is 11.3 Å². The predicted octanol–water partition coefficient (Wildman–Crippen LogP) is 2.23. The maximum Gasteiger partial charge on any atom is 0.231 e. The fourth-order valence-electron chi connectivity index (χ4n) is 2.35. The molecule has 0 unspecified atom stereocenters. The maximum atomic E-state index is 11.9. The van der Waals surface area contributed by atoms with Crippen molar-refractivity contribution in [3.05, 3.63) is 21.9 Å². The molecule has 1 atom stereocenters. The van der Waals surface area contributed by atoms with Crippen molar-refractivity contribution in [1.29, 1.82) is 5.41 Å². The highest BCUT2D eigenvalue weighted by atomic mass is 32.1. The molecule has 2 heterocycles. The molecule has 1 aliphatic heterocycles. The molecule has 0 aromatic carbocycles. The Morgan fingerprint density at radius 2 is 2.28 bits per heavy atom. The van der Waals surface area contributed by atoms with E-state index in [9.17, 15) is 4.79 Å². The lowest BCUT2D eigenvalue weighted by atomic mass is 9.92. The fraction of sp³-hybridized carbons (Fsp3) is 0.538. The third-order valence-corrected chi connectivity index (χ3v) is 5.03. The van der Waals surface area contributed by atoms with E-state index in [1.165, 1.54) is 23.3 Å². The van der Waals surface area contributed by atoms with E-state index in [-0.39, 0.29) is 11.9 Å². The summed E-state index contributed by atoms with van der Waals surface area (Å²) in [6, 6.07) is 2.21. The Bertz CT molecular complexity index is 500. The van der Waals surface area contributed by atoms with Gasteiger partial charge in [-0.3, -0.25) is 15.1 Å². The predicted molar refractivity (Wildman–Crippen MR) is 71.9 cm³/mol. The van der Waals surface area contributed by atoms with Crippen LogP contribution in [0.5, 0.6) is 0 Å². The van der Waals surface area contributed by atoms with Crippen LogP contribution in [0.15, 0.2) is 11.4 Å². The molecular formula is C13H17N3OS. The number of carbonyl (C=O) groups excluding carboxylic acids is 1. The first kappa shape index (κ1) is 11.7. The molecule has 1 saturated heterocycles. The quantitative estimate of drug-likeness (QED) is 0.859. The van der Waals surface area contributed by atoms with Gasteiger partial charge in [0.1, 0.15) is 0 Å². The zero-order valence-corrected chi connectivity index (χ0v) is 11.4. The Balaban J connectivity index is 1.88. The van der Waals surface area contributed by atoms with Gasteiger partial charge in [0.05, 0.1) is 12.0 Å². The second kappa shape index (κ2) is 3.82. The van der Waals surface area contributed by atoms with Gasteiger partial charge in [0.25, 0.3) is 0 Å². The largest absolute Gasteiger partial charge is 0.345 e. The first-order valence-corrected chi connectivity index (χ1v) is 7.10. The van der Waals surface area contributed by atoms with Crippen molar-refractivity contribution >= 4 is 23.2 Å². The monoisotopic (exact) mass is 263 g/mol. The van der Waals surface area contributed by atoms with Crippen LogP contribution in [0.1, 0.15) is 42.5 Å². The number of hydrogen-bond acceptors (Lipinski definition) is 3. The topological polar surface area (TPSA) is 56.2 Å². The van der Waals surface area contributed by atoms with Crippen LogP contribution in [-0.4, -0.2) is 23.8 Å². The van der Waals surface area contributed by atoms with Crippen LogP contribution in [0.3, 0.4) is 0 Å². The summed E-state index contributed by atoms with van der Waals surface area (Å²) in [6.45, 7) is 2.01. The average Bonchev–Trinajstić information content (AvgIpc) is 3.03. The van der Waals surface area contributed by atoms with E-state index in [2.05, 4.69) is 16.8 Å². The summed E-state index contributed by atoms with van der Waals surface area (Å²) in [4.78, 5) is 14.4. The molecule has 5 heteroatoms. The molecule has 0 bridgehead atoms. The van der Waals surface area contributed by atoms with Gasteiger partial charge in [0, 0.05) is 11.9 Å². The molecule has 4 nitrogen and oxygen atoms in total. The molecule has 96 valence electrons. The van der Waals surface area contributed by atoms with Crippen LogP contribution in [-0.2, 0) is 10.3 Å². The fourth-order valence-corrected chi connectivity index (χ4v) is 3.47. The molecule has 1 saturated carbocycles. The molecule has 2 aliphatic rings. The van der Waals surface area contributed by atoms with E-state index in [0.29, 0.717) is 6.42 Å². The van der Waals surface area contributed by atoms with E-state index in [1.807, 2.05) is 6.92 Å². The van der Waals surface area contributed by atoms with Gasteiger partial charge >= 0.3 is 0 Å². The molecule has 1 amide bonds. The molecule has 2 N–H and O–H groups in total. The number of rotatable bonds is 2. The highest BCUT2D eigenvalue weighted by molar-refractivity contribution is 7.10. The molecular weight excluding hydrogens is 246 g/mol. The number of nitrogens with one attached hydrogen (secondary N) is 2. The molecule has 18 heavy (non-hydrogen) atoms. The van der Waals surface area contributed by atoms with Crippen molar-refractivity contribution < 1.29 is 4.79 Å². The third kappa shape index (κ3) is 1.82. The second-order valence-corrected chi connectivity index (χ2v) is 6.37.